The Morgan fingerprint density at radius 1 is 0.540 bits per heavy atom. The van der Waals surface area contributed by atoms with Gasteiger partial charge in [-0.2, -0.15) is 0 Å². The minimum Gasteiger partial charge on any atom is -0.285 e. The van der Waals surface area contributed by atoms with Gasteiger partial charge in [0.25, 0.3) is 0 Å². The van der Waals surface area contributed by atoms with E-state index in [-0.39, 0.29) is 33.3 Å². The lowest BCUT2D eigenvalue weighted by molar-refractivity contribution is -0.110. The molecule has 4 aromatic heterocycles. The minimum atomic E-state index is -1.05. The second kappa shape index (κ2) is 10.3. The largest absolute Gasteiger partial charge is 0.285 e. The number of carbonyl (C=O) groups is 4. The van der Waals surface area contributed by atoms with Gasteiger partial charge in [0.05, 0.1) is 24.7 Å². The van der Waals surface area contributed by atoms with Crippen molar-refractivity contribution >= 4 is 111 Å². The summed E-state index contributed by atoms with van der Waals surface area (Å²) in [5.74, 6) is -7.38. The topological polar surface area (TPSA) is 68.3 Å². The smallest absolute Gasteiger partial charge is 0.237 e. The van der Waals surface area contributed by atoms with Crippen LogP contribution in [-0.2, 0) is 15.0 Å². The second-order valence-electron chi connectivity index (χ2n) is 13.0. The molecule has 4 aliphatic rings. The molecule has 1 spiro atoms. The summed E-state index contributed by atoms with van der Waals surface area (Å²) >= 11 is 6.33. The van der Waals surface area contributed by atoms with E-state index < -0.39 is 52.0 Å². The van der Waals surface area contributed by atoms with Gasteiger partial charge in [0.1, 0.15) is 23.3 Å². The fourth-order valence-electron chi connectivity index (χ4n) is 8.25. The fourth-order valence-corrected chi connectivity index (χ4v) is 14.0. The highest BCUT2D eigenvalue weighted by molar-refractivity contribution is 7.35. The zero-order valence-electron chi connectivity index (χ0n) is 25.4. The van der Waals surface area contributed by atoms with Crippen LogP contribution < -0.4 is 0 Å². The van der Waals surface area contributed by atoms with Crippen molar-refractivity contribution in [3.05, 3.63) is 103 Å². The third-order valence-electron chi connectivity index (χ3n) is 10.3. The van der Waals surface area contributed by atoms with Gasteiger partial charge in [0.15, 0.2) is 0 Å². The van der Waals surface area contributed by atoms with E-state index in [0.29, 0.717) is 21.9 Å². The summed E-state index contributed by atoms with van der Waals surface area (Å²) in [6, 6.07) is 7.16. The van der Waals surface area contributed by atoms with Crippen LogP contribution in [0, 0.1) is 23.3 Å². The van der Waals surface area contributed by atoms with E-state index in [0.717, 1.165) is 63.0 Å². The molecule has 4 heterocycles. The fraction of sp³-hybridized carbons (Fsp3) is 0.158. The quantitative estimate of drug-likeness (QED) is 0.101. The van der Waals surface area contributed by atoms with Crippen molar-refractivity contribution in [2.45, 2.75) is 37.5 Å². The number of hydrogen-bond donors (Lipinski definition) is 0. The molecular weight excluding hydrogens is 725 g/mol. The first-order chi connectivity index (χ1) is 24.0. The highest BCUT2D eigenvalue weighted by atomic mass is 32.1. The van der Waals surface area contributed by atoms with Gasteiger partial charge in [-0.1, -0.05) is 19.3 Å². The Bertz CT molecular complexity index is 2710. The van der Waals surface area contributed by atoms with E-state index in [1.807, 2.05) is 12.1 Å². The average molecular weight is 743 g/mol. The first-order valence-corrected chi connectivity index (χ1v) is 19.0. The van der Waals surface area contributed by atoms with Crippen molar-refractivity contribution in [3.8, 4) is 9.75 Å². The summed E-state index contributed by atoms with van der Waals surface area (Å²) in [6.07, 6.45) is 8.15. The van der Waals surface area contributed by atoms with Crippen LogP contribution in [0.15, 0.2) is 36.4 Å². The highest BCUT2D eigenvalue weighted by Crippen LogP contribution is 2.66. The number of fused-ring (bicyclic) bond motifs is 11. The Balaban J connectivity index is 1.10. The molecule has 0 bridgehead atoms. The highest BCUT2D eigenvalue weighted by Gasteiger charge is 2.49. The van der Waals surface area contributed by atoms with E-state index in [1.54, 1.807) is 28.7 Å². The third-order valence-corrected chi connectivity index (χ3v) is 15.1. The minimum absolute atomic E-state index is 0.0162. The van der Waals surface area contributed by atoms with Crippen LogP contribution in [0.2, 0.25) is 0 Å². The van der Waals surface area contributed by atoms with Gasteiger partial charge in [-0.15, -0.1) is 45.3 Å². The summed E-state index contributed by atoms with van der Waals surface area (Å²) in [5, 5.41) is 0. The van der Waals surface area contributed by atoms with Gasteiger partial charge < -0.3 is 0 Å². The van der Waals surface area contributed by atoms with Gasteiger partial charge in [-0.3, -0.25) is 19.2 Å². The first-order valence-electron chi connectivity index (χ1n) is 15.8. The number of allylic oxidation sites excluding steroid dienone is 2. The van der Waals surface area contributed by atoms with Crippen molar-refractivity contribution in [1.82, 2.24) is 0 Å². The maximum atomic E-state index is 14.9. The number of Topliss-reactive ketones (excluding diaryl/α,β-unsaturated/α-hetero) is 4. The molecule has 2 aromatic carbocycles. The molecule has 50 heavy (non-hydrogen) atoms. The molecular formula is C38H18F4O4S4. The molecule has 246 valence electrons. The van der Waals surface area contributed by atoms with Crippen LogP contribution in [0.4, 0.5) is 17.6 Å². The molecule has 0 atom stereocenters. The summed E-state index contributed by atoms with van der Waals surface area (Å²) in [4.78, 5) is 54.9. The van der Waals surface area contributed by atoms with Crippen LogP contribution in [0.5, 0.6) is 0 Å². The molecule has 0 unspecified atom stereocenters. The van der Waals surface area contributed by atoms with E-state index in [2.05, 4.69) is 0 Å². The van der Waals surface area contributed by atoms with Gasteiger partial charge in [0.2, 0.25) is 23.1 Å². The SMILES string of the molecule is O=C1C(=O)c2c(F)cc(F)cc2/C1=C/c1cc2sc3c(c2s1)C1(CCCCC1)c1c-3sc2cc(/C=C3\C(=O)C(=O)c4cc(F)cc(F)c43)sc12. The van der Waals surface area contributed by atoms with Crippen LogP contribution >= 0.6 is 45.3 Å². The van der Waals surface area contributed by atoms with Gasteiger partial charge in [-0.05, 0) is 49.3 Å². The normalized spacial score (nSPS) is 19.2. The van der Waals surface area contributed by atoms with E-state index >= 15 is 0 Å². The molecule has 6 aromatic rings. The number of carbonyl (C=O) groups excluding carboxylic acids is 4. The second-order valence-corrected chi connectivity index (χ2v) is 17.3. The Morgan fingerprint density at radius 3 is 1.66 bits per heavy atom. The predicted octanol–water partition coefficient (Wildman–Crippen LogP) is 10.6. The van der Waals surface area contributed by atoms with E-state index in [9.17, 15) is 36.7 Å². The average Bonchev–Trinajstić information content (AvgIpc) is 3.91. The van der Waals surface area contributed by atoms with Gasteiger partial charge in [0, 0.05) is 75.7 Å². The summed E-state index contributed by atoms with van der Waals surface area (Å²) in [7, 11) is 0. The number of benzene rings is 2. The lowest BCUT2D eigenvalue weighted by atomic mass is 9.68. The monoisotopic (exact) mass is 742 g/mol. The maximum absolute atomic E-state index is 14.9. The molecule has 0 N–H and O–H groups in total. The first kappa shape index (κ1) is 30.5. The molecule has 1 saturated carbocycles. The van der Waals surface area contributed by atoms with Gasteiger partial charge in [-0.25, -0.2) is 17.6 Å². The lowest BCUT2D eigenvalue weighted by Gasteiger charge is -2.35. The lowest BCUT2D eigenvalue weighted by Crippen LogP contribution is -2.27. The number of hydrogen-bond acceptors (Lipinski definition) is 8. The predicted molar refractivity (Wildman–Crippen MR) is 189 cm³/mol. The molecule has 0 radical (unpaired) electrons. The number of halogens is 4. The van der Waals surface area contributed by atoms with Crippen LogP contribution in [0.1, 0.15) is 84.8 Å². The summed E-state index contributed by atoms with van der Waals surface area (Å²) in [5.41, 5.74) is 1.31. The van der Waals surface area contributed by atoms with Crippen LogP contribution in [0.25, 0.3) is 51.9 Å². The third kappa shape index (κ3) is 3.96. The number of rotatable bonds is 2. The van der Waals surface area contributed by atoms with Gasteiger partial charge >= 0.3 is 0 Å². The number of ketones is 4. The van der Waals surface area contributed by atoms with Crippen molar-refractivity contribution in [3.63, 3.8) is 0 Å². The van der Waals surface area contributed by atoms with Crippen LogP contribution in [-0.4, -0.2) is 23.1 Å². The van der Waals surface area contributed by atoms with E-state index in [1.165, 1.54) is 49.6 Å². The molecule has 0 saturated heterocycles. The Labute approximate surface area is 296 Å². The zero-order valence-corrected chi connectivity index (χ0v) is 28.7. The maximum Gasteiger partial charge on any atom is 0.237 e. The Morgan fingerprint density at radius 2 is 1.06 bits per heavy atom. The molecule has 12 heteroatoms. The molecule has 4 nitrogen and oxygen atoms in total. The van der Waals surface area contributed by atoms with E-state index in [4.69, 9.17) is 0 Å². The van der Waals surface area contributed by atoms with Crippen molar-refractivity contribution in [2.24, 2.45) is 0 Å². The summed E-state index contributed by atoms with van der Waals surface area (Å²) in [6.45, 7) is 0. The Hall–Kier alpha value is -4.36. The molecule has 0 aliphatic heterocycles. The molecule has 10 rings (SSSR count). The summed E-state index contributed by atoms with van der Waals surface area (Å²) < 4.78 is 61.6. The van der Waals surface area contributed by atoms with Crippen molar-refractivity contribution in [2.75, 3.05) is 0 Å². The number of thiophene rings is 4. The standard InChI is InChI=1S/C38H18F4O4S4/c39-14-6-18-19(30(43)33(46)27(18)23(42)9-14)10-16-12-24-34(47-16)28-36(49-24)37-29(38(28)4-2-1-3-5-38)35-25(50-37)13-17(48-35)11-21-26-20(31(44)32(21)45)7-15(40)8-22(26)41/h6-13H,1-5H2/b19-10-,21-11-. The molecule has 0 amide bonds. The molecule has 4 aliphatic carbocycles. The Kier molecular flexibility index (Phi) is 6.30. The molecule has 1 fully saturated rings. The van der Waals surface area contributed by atoms with Crippen LogP contribution in [0.3, 0.4) is 0 Å². The van der Waals surface area contributed by atoms with Crippen molar-refractivity contribution in [1.29, 1.82) is 0 Å². The zero-order chi connectivity index (χ0) is 34.4. The van der Waals surface area contributed by atoms with Crippen molar-refractivity contribution < 1.29 is 36.7 Å².